The molecule has 1 saturated heterocycles. The molecule has 0 amide bonds. The van der Waals surface area contributed by atoms with Crippen molar-refractivity contribution >= 4 is 17.1 Å². The van der Waals surface area contributed by atoms with Gasteiger partial charge in [-0.1, -0.05) is 0 Å². The second kappa shape index (κ2) is 6.08. The van der Waals surface area contributed by atoms with E-state index < -0.39 is 17.3 Å². The highest BCUT2D eigenvalue weighted by Crippen LogP contribution is 2.36. The maximum Gasteiger partial charge on any atom is 0.391 e. The summed E-state index contributed by atoms with van der Waals surface area (Å²) < 4.78 is 37.9. The van der Waals surface area contributed by atoms with Gasteiger partial charge in [0.25, 0.3) is 0 Å². The Morgan fingerprint density at radius 2 is 1.95 bits per heavy atom. The van der Waals surface area contributed by atoms with Crippen LogP contribution < -0.4 is 15.4 Å². The van der Waals surface area contributed by atoms with E-state index in [-0.39, 0.29) is 31.6 Å². The van der Waals surface area contributed by atoms with Crippen LogP contribution in [0.4, 0.5) is 30.2 Å². The molecule has 0 spiro atoms. The van der Waals surface area contributed by atoms with Crippen LogP contribution >= 0.6 is 0 Å². The van der Waals surface area contributed by atoms with E-state index in [1.54, 1.807) is 24.1 Å². The average molecular weight is 305 g/mol. The summed E-state index contributed by atoms with van der Waals surface area (Å²) in [6, 6.07) is 4.86. The summed E-state index contributed by atoms with van der Waals surface area (Å²) in [5.74, 6) is -1.26. The molecular formula is C13H18F3N3O2. The Labute approximate surface area is 120 Å². The number of quaternary nitrogens is 1. The predicted molar refractivity (Wildman–Crippen MR) is 72.8 cm³/mol. The first-order chi connectivity index (χ1) is 9.82. The fraction of sp³-hybridized carbons (Fsp3) is 0.538. The lowest BCUT2D eigenvalue weighted by molar-refractivity contribution is -0.990. The van der Waals surface area contributed by atoms with Gasteiger partial charge in [-0.25, -0.2) is 5.21 Å². The summed E-state index contributed by atoms with van der Waals surface area (Å²) in [5.41, 5.74) is 1.25. The Balaban J connectivity index is 2.12. The fourth-order valence-electron chi connectivity index (χ4n) is 2.59. The van der Waals surface area contributed by atoms with Crippen molar-refractivity contribution in [2.75, 3.05) is 30.4 Å². The quantitative estimate of drug-likeness (QED) is 0.747. The molecule has 0 aromatic heterocycles. The Morgan fingerprint density at radius 3 is 2.43 bits per heavy atom. The molecule has 1 aliphatic heterocycles. The molecule has 0 aliphatic carbocycles. The van der Waals surface area contributed by atoms with Gasteiger partial charge in [0.1, 0.15) is 0 Å². The molecule has 118 valence electrons. The molecule has 1 atom stereocenters. The van der Waals surface area contributed by atoms with Crippen LogP contribution in [0.3, 0.4) is 0 Å². The summed E-state index contributed by atoms with van der Waals surface area (Å²) in [4.78, 5) is 1.80. The van der Waals surface area contributed by atoms with E-state index in [2.05, 4.69) is 5.32 Å². The second-order valence-corrected chi connectivity index (χ2v) is 5.09. The van der Waals surface area contributed by atoms with E-state index in [4.69, 9.17) is 5.21 Å². The molecule has 0 radical (unpaired) electrons. The lowest BCUT2D eigenvalue weighted by Crippen LogP contribution is -2.99. The molecular weight excluding hydrogens is 287 g/mol. The Kier molecular flexibility index (Phi) is 4.60. The number of halogens is 3. The minimum atomic E-state index is -4.14. The lowest BCUT2D eigenvalue weighted by Gasteiger charge is -2.34. The maximum absolute atomic E-state index is 12.6. The number of piperidine rings is 1. The Morgan fingerprint density at radius 1 is 1.33 bits per heavy atom. The molecule has 1 aromatic rings. The number of nitrogens with zero attached hydrogens (tertiary/aromatic N) is 1. The Hall–Kier alpha value is -1.51. The number of rotatable bonds is 3. The van der Waals surface area contributed by atoms with Crippen LogP contribution in [-0.2, 0) is 0 Å². The number of hydrogen-bond acceptors (Lipinski definition) is 4. The monoisotopic (exact) mass is 305 g/mol. The van der Waals surface area contributed by atoms with Crippen LogP contribution in [0.5, 0.6) is 0 Å². The highest BCUT2D eigenvalue weighted by Gasteiger charge is 2.41. The molecule has 21 heavy (non-hydrogen) atoms. The van der Waals surface area contributed by atoms with E-state index >= 15 is 0 Å². The molecule has 1 unspecified atom stereocenters. The number of anilines is 2. The van der Waals surface area contributed by atoms with Gasteiger partial charge in [-0.05, 0) is 25.0 Å². The van der Waals surface area contributed by atoms with Gasteiger partial charge >= 0.3 is 6.18 Å². The van der Waals surface area contributed by atoms with Crippen LogP contribution in [-0.4, -0.2) is 31.5 Å². The molecule has 0 saturated carbocycles. The minimum Gasteiger partial charge on any atom is -0.595 e. The van der Waals surface area contributed by atoms with Gasteiger partial charge < -0.3 is 15.4 Å². The third-order valence-corrected chi connectivity index (χ3v) is 3.83. The summed E-state index contributed by atoms with van der Waals surface area (Å²) in [6.45, 7) is 0.560. The van der Waals surface area contributed by atoms with Gasteiger partial charge in [0, 0.05) is 31.9 Å². The topological polar surface area (TPSA) is 63.0 Å². The zero-order chi connectivity index (χ0) is 15.6. The predicted octanol–water partition coefficient (Wildman–Crippen LogP) is 1.91. The highest BCUT2D eigenvalue weighted by atomic mass is 19.4. The van der Waals surface area contributed by atoms with Crippen molar-refractivity contribution in [3.8, 4) is 0 Å². The highest BCUT2D eigenvalue weighted by molar-refractivity contribution is 5.68. The van der Waals surface area contributed by atoms with Gasteiger partial charge in [-0.3, -0.25) is 0 Å². The minimum absolute atomic E-state index is 0.0414. The average Bonchev–Trinajstić information content (AvgIpc) is 2.45. The van der Waals surface area contributed by atoms with Crippen molar-refractivity contribution in [1.82, 2.24) is 0 Å². The van der Waals surface area contributed by atoms with Crippen molar-refractivity contribution in [3.63, 3.8) is 0 Å². The van der Waals surface area contributed by atoms with Crippen LogP contribution in [0.1, 0.15) is 12.8 Å². The molecule has 0 bridgehead atoms. The third kappa shape index (κ3) is 3.58. The SMILES string of the molecule is CNc1ccc(N2CCC(C(F)(F)F)CC2)cc1[NH+]([O-])O. The van der Waals surface area contributed by atoms with Crippen molar-refractivity contribution in [3.05, 3.63) is 23.4 Å². The third-order valence-electron chi connectivity index (χ3n) is 3.83. The fourth-order valence-corrected chi connectivity index (χ4v) is 2.59. The number of benzene rings is 1. The smallest absolute Gasteiger partial charge is 0.391 e. The standard InChI is InChI=1S/C13H18F3N3O2/c1-17-11-3-2-10(8-12(11)19(20)21)18-6-4-9(5-7-18)13(14,15)16/h2-3,8-9,17,19-20H,4-7H2,1H3. The van der Waals surface area contributed by atoms with Crippen LogP contribution in [0.2, 0.25) is 0 Å². The first-order valence-electron chi connectivity index (χ1n) is 6.69. The molecule has 3 N–H and O–H groups in total. The molecule has 8 heteroatoms. The summed E-state index contributed by atoms with van der Waals surface area (Å²) in [7, 11) is 1.62. The van der Waals surface area contributed by atoms with Crippen molar-refractivity contribution < 1.29 is 23.6 Å². The van der Waals surface area contributed by atoms with Crippen LogP contribution in [0.25, 0.3) is 0 Å². The van der Waals surface area contributed by atoms with Gasteiger partial charge in [0.2, 0.25) is 0 Å². The number of hydrogen-bond donors (Lipinski definition) is 3. The van der Waals surface area contributed by atoms with E-state index in [1.807, 2.05) is 0 Å². The van der Waals surface area contributed by atoms with Gasteiger partial charge in [0.05, 0.1) is 11.6 Å². The largest absolute Gasteiger partial charge is 0.595 e. The van der Waals surface area contributed by atoms with Gasteiger partial charge in [-0.15, -0.1) is 0 Å². The van der Waals surface area contributed by atoms with E-state index in [0.717, 1.165) is 0 Å². The first-order valence-corrected chi connectivity index (χ1v) is 6.69. The summed E-state index contributed by atoms with van der Waals surface area (Å²) >= 11 is 0. The van der Waals surface area contributed by atoms with E-state index in [0.29, 0.717) is 11.4 Å². The van der Waals surface area contributed by atoms with Crippen molar-refractivity contribution in [1.29, 1.82) is 0 Å². The van der Waals surface area contributed by atoms with E-state index in [9.17, 15) is 18.4 Å². The maximum atomic E-state index is 12.6. The summed E-state index contributed by atoms with van der Waals surface area (Å²) in [5, 5.41) is 22.1. The zero-order valence-electron chi connectivity index (χ0n) is 11.6. The molecule has 1 aliphatic rings. The molecule has 1 fully saturated rings. The van der Waals surface area contributed by atoms with Crippen LogP contribution in [0, 0.1) is 11.1 Å². The normalized spacial score (nSPS) is 18.7. The Bertz CT molecular complexity index is 486. The number of nitrogens with one attached hydrogen (secondary N) is 2. The second-order valence-electron chi connectivity index (χ2n) is 5.09. The van der Waals surface area contributed by atoms with Crippen molar-refractivity contribution in [2.24, 2.45) is 5.92 Å². The van der Waals surface area contributed by atoms with Gasteiger partial charge in [0.15, 0.2) is 5.69 Å². The van der Waals surface area contributed by atoms with Gasteiger partial charge in [-0.2, -0.15) is 18.4 Å². The number of alkyl halides is 3. The molecule has 1 heterocycles. The molecule has 2 rings (SSSR count). The molecule has 5 nitrogen and oxygen atoms in total. The summed E-state index contributed by atoms with van der Waals surface area (Å²) in [6.07, 6.45) is -4.06. The van der Waals surface area contributed by atoms with Crippen LogP contribution in [0.15, 0.2) is 18.2 Å². The lowest BCUT2D eigenvalue weighted by atomic mass is 9.96. The zero-order valence-corrected chi connectivity index (χ0v) is 11.6. The van der Waals surface area contributed by atoms with Crippen molar-refractivity contribution in [2.45, 2.75) is 19.0 Å². The molecule has 1 aromatic carbocycles. The first kappa shape index (κ1) is 15.9. The van der Waals surface area contributed by atoms with E-state index in [1.165, 1.54) is 6.07 Å².